The van der Waals surface area contributed by atoms with Gasteiger partial charge in [-0.25, -0.2) is 0 Å². The van der Waals surface area contributed by atoms with Gasteiger partial charge in [-0.2, -0.15) is 8.42 Å². The van der Waals surface area contributed by atoms with E-state index in [9.17, 15) is 9.59 Å². The second-order valence-electron chi connectivity index (χ2n) is 7.18. The molecule has 180 valence electrons. The molecule has 0 saturated heterocycles. The number of rotatable bonds is 18. The predicted molar refractivity (Wildman–Crippen MR) is 118 cm³/mol. The molecular formula is C20H42N2O7S. The molecule has 4 N–H and O–H groups in total. The van der Waals surface area contributed by atoms with Crippen LogP contribution in [0.1, 0.15) is 90.9 Å². The summed E-state index contributed by atoms with van der Waals surface area (Å²) in [5.41, 5.74) is 0. The van der Waals surface area contributed by atoms with E-state index in [0.717, 1.165) is 25.9 Å². The zero-order valence-corrected chi connectivity index (χ0v) is 19.5. The quantitative estimate of drug-likeness (QED) is 0.106. The van der Waals surface area contributed by atoms with E-state index >= 15 is 0 Å². The van der Waals surface area contributed by atoms with Crippen molar-refractivity contribution in [3.8, 4) is 0 Å². The van der Waals surface area contributed by atoms with Gasteiger partial charge < -0.3 is 15.4 Å². The van der Waals surface area contributed by atoms with Crippen LogP contribution >= 0.6 is 0 Å². The third-order valence-electron chi connectivity index (χ3n) is 4.18. The molecule has 0 amide bonds. The van der Waals surface area contributed by atoms with Crippen molar-refractivity contribution in [2.75, 3.05) is 26.2 Å². The lowest BCUT2D eigenvalue weighted by Crippen LogP contribution is -2.31. The Morgan fingerprint density at radius 3 is 1.30 bits per heavy atom. The molecule has 0 aromatic rings. The Labute approximate surface area is 182 Å². The molecule has 0 aromatic carbocycles. The first kappa shape index (κ1) is 31.1. The van der Waals surface area contributed by atoms with Gasteiger partial charge in [0.25, 0.3) is 0 Å². The standard InChI is InChI=1S/C20H40N2O3.H2O4S/c1-3-5-7-9-11-13-15-21-17-19(23)25-20(24)18-22-16-14-12-10-8-6-4-2;1-5(2,3)4/h21-22H,3-18H2,1-2H3;(H2,1,2,3,4). The first-order chi connectivity index (χ1) is 14.2. The molecule has 0 spiro atoms. The van der Waals surface area contributed by atoms with Gasteiger partial charge in [-0.05, 0) is 25.9 Å². The number of ether oxygens (including phenoxy) is 1. The number of carbonyl (C=O) groups excluding carboxylic acids is 2. The number of unbranched alkanes of at least 4 members (excludes halogenated alkanes) is 10. The minimum absolute atomic E-state index is 0.109. The molecule has 0 unspecified atom stereocenters. The molecule has 0 heterocycles. The molecule has 30 heavy (non-hydrogen) atoms. The zero-order chi connectivity index (χ0) is 23.1. The summed E-state index contributed by atoms with van der Waals surface area (Å²) in [5, 5.41) is 6.07. The van der Waals surface area contributed by atoms with Crippen LogP contribution in [0.2, 0.25) is 0 Å². The van der Waals surface area contributed by atoms with Crippen LogP contribution in [0.5, 0.6) is 0 Å². The molecule has 0 bridgehead atoms. The van der Waals surface area contributed by atoms with E-state index in [1.54, 1.807) is 0 Å². The Kier molecular flexibility index (Phi) is 23.5. The van der Waals surface area contributed by atoms with Crippen molar-refractivity contribution in [1.29, 1.82) is 0 Å². The van der Waals surface area contributed by atoms with E-state index in [-0.39, 0.29) is 13.1 Å². The van der Waals surface area contributed by atoms with Crippen molar-refractivity contribution in [2.24, 2.45) is 0 Å². The summed E-state index contributed by atoms with van der Waals surface area (Å²) in [6.45, 7) is 6.23. The lowest BCUT2D eigenvalue weighted by Gasteiger charge is -2.06. The van der Waals surface area contributed by atoms with Crippen LogP contribution < -0.4 is 10.6 Å². The Balaban J connectivity index is 0. The van der Waals surface area contributed by atoms with Gasteiger partial charge in [-0.3, -0.25) is 18.7 Å². The molecule has 0 aromatic heterocycles. The number of esters is 2. The second-order valence-corrected chi connectivity index (χ2v) is 8.08. The SMILES string of the molecule is CCCCCCCCNCC(=O)OC(=O)CNCCCCCCCC.O=S(=O)(O)O. The van der Waals surface area contributed by atoms with Crippen LogP contribution in [0.3, 0.4) is 0 Å². The Bertz CT molecular complexity index is 475. The van der Waals surface area contributed by atoms with Crippen LogP contribution in [-0.4, -0.2) is 55.6 Å². The van der Waals surface area contributed by atoms with Crippen LogP contribution in [0.15, 0.2) is 0 Å². The van der Waals surface area contributed by atoms with Gasteiger partial charge in [0.1, 0.15) is 0 Å². The highest BCUT2D eigenvalue weighted by Crippen LogP contribution is 2.04. The number of nitrogens with one attached hydrogen (secondary N) is 2. The summed E-state index contributed by atoms with van der Waals surface area (Å²) >= 11 is 0. The monoisotopic (exact) mass is 454 g/mol. The smallest absolute Gasteiger partial charge is 0.391 e. The topological polar surface area (TPSA) is 142 Å². The number of hydrogen-bond donors (Lipinski definition) is 4. The van der Waals surface area contributed by atoms with Crippen molar-refractivity contribution >= 4 is 22.3 Å². The Morgan fingerprint density at radius 2 is 0.967 bits per heavy atom. The van der Waals surface area contributed by atoms with Gasteiger partial charge in [-0.1, -0.05) is 78.1 Å². The maximum absolute atomic E-state index is 11.5. The Morgan fingerprint density at radius 1 is 0.667 bits per heavy atom. The van der Waals surface area contributed by atoms with Crippen molar-refractivity contribution in [3.63, 3.8) is 0 Å². The van der Waals surface area contributed by atoms with E-state index in [4.69, 9.17) is 22.3 Å². The van der Waals surface area contributed by atoms with Crippen molar-refractivity contribution in [2.45, 2.75) is 90.9 Å². The largest absolute Gasteiger partial charge is 0.394 e. The average molecular weight is 455 g/mol. The molecule has 0 aliphatic heterocycles. The summed E-state index contributed by atoms with van der Waals surface area (Å²) in [6, 6.07) is 0. The van der Waals surface area contributed by atoms with Gasteiger partial charge in [0.15, 0.2) is 0 Å². The average Bonchev–Trinajstić information content (AvgIpc) is 2.64. The summed E-state index contributed by atoms with van der Waals surface area (Å²) in [6.07, 6.45) is 14.7. The van der Waals surface area contributed by atoms with Crippen LogP contribution in [0, 0.1) is 0 Å². The highest BCUT2D eigenvalue weighted by molar-refractivity contribution is 7.79. The number of carbonyl (C=O) groups is 2. The van der Waals surface area contributed by atoms with Crippen LogP contribution in [-0.2, 0) is 24.7 Å². The van der Waals surface area contributed by atoms with Gasteiger partial charge >= 0.3 is 22.3 Å². The van der Waals surface area contributed by atoms with E-state index in [1.165, 1.54) is 64.2 Å². The third-order valence-corrected chi connectivity index (χ3v) is 4.18. The van der Waals surface area contributed by atoms with E-state index in [0.29, 0.717) is 0 Å². The highest BCUT2D eigenvalue weighted by atomic mass is 32.3. The molecule has 0 aliphatic carbocycles. The predicted octanol–water partition coefficient (Wildman–Crippen LogP) is 3.30. The first-order valence-electron chi connectivity index (χ1n) is 11.1. The van der Waals surface area contributed by atoms with Gasteiger partial charge in [0.05, 0.1) is 13.1 Å². The highest BCUT2D eigenvalue weighted by Gasteiger charge is 2.09. The fraction of sp³-hybridized carbons (Fsp3) is 0.900. The van der Waals surface area contributed by atoms with Gasteiger partial charge in [0, 0.05) is 0 Å². The summed E-state index contributed by atoms with van der Waals surface area (Å²) in [7, 11) is -4.67. The van der Waals surface area contributed by atoms with Crippen molar-refractivity contribution in [3.05, 3.63) is 0 Å². The van der Waals surface area contributed by atoms with Gasteiger partial charge in [0.2, 0.25) is 0 Å². The molecular weight excluding hydrogens is 412 g/mol. The van der Waals surface area contributed by atoms with E-state index in [2.05, 4.69) is 24.5 Å². The fourth-order valence-corrected chi connectivity index (χ4v) is 2.64. The molecule has 0 aliphatic rings. The van der Waals surface area contributed by atoms with Crippen LogP contribution in [0.4, 0.5) is 0 Å². The van der Waals surface area contributed by atoms with Crippen LogP contribution in [0.25, 0.3) is 0 Å². The molecule has 10 heteroatoms. The molecule has 0 rings (SSSR count). The fourth-order valence-electron chi connectivity index (χ4n) is 2.64. The minimum atomic E-state index is -4.67. The minimum Gasteiger partial charge on any atom is -0.391 e. The zero-order valence-electron chi connectivity index (χ0n) is 18.7. The summed E-state index contributed by atoms with van der Waals surface area (Å²) < 4.78 is 36.4. The summed E-state index contributed by atoms with van der Waals surface area (Å²) in [5.74, 6) is -0.977. The molecule has 0 fully saturated rings. The van der Waals surface area contributed by atoms with Gasteiger partial charge in [-0.15, -0.1) is 0 Å². The molecule has 9 nitrogen and oxygen atoms in total. The maximum Gasteiger partial charge on any atom is 0.394 e. The molecule has 0 saturated carbocycles. The normalized spacial score (nSPS) is 10.9. The summed E-state index contributed by atoms with van der Waals surface area (Å²) in [4.78, 5) is 23.1. The first-order valence-corrected chi connectivity index (χ1v) is 12.4. The number of hydrogen-bond acceptors (Lipinski definition) is 7. The van der Waals surface area contributed by atoms with E-state index in [1.807, 2.05) is 0 Å². The Hall–Kier alpha value is -1.07. The van der Waals surface area contributed by atoms with E-state index < -0.39 is 22.3 Å². The molecule has 0 radical (unpaired) electrons. The maximum atomic E-state index is 11.5. The lowest BCUT2D eigenvalue weighted by molar-refractivity contribution is -0.158. The van der Waals surface area contributed by atoms with Crippen molar-refractivity contribution < 1.29 is 31.8 Å². The molecule has 0 atom stereocenters. The third kappa shape index (κ3) is 34.4. The lowest BCUT2D eigenvalue weighted by atomic mass is 10.1. The van der Waals surface area contributed by atoms with Crippen molar-refractivity contribution in [1.82, 2.24) is 10.6 Å². The second kappa shape index (κ2) is 22.6.